The smallest absolute Gasteiger partial charge is 0.354 e. The molecular formula is C29H26ClFN6O4. The first-order valence-corrected chi connectivity index (χ1v) is 13.5. The Morgan fingerprint density at radius 3 is 2.71 bits per heavy atom. The second kappa shape index (κ2) is 11.6. The SMILES string of the molecule is O=C(O)c1ccc2nc(CN3CCC(c4cccc(OCc5ccc(Cl)cc5F)n4)CC3)n(Cc3ncco3)c2n1. The summed E-state index contributed by atoms with van der Waals surface area (Å²) in [5.74, 6) is 0.446. The highest BCUT2D eigenvalue weighted by Gasteiger charge is 2.25. The van der Waals surface area contributed by atoms with Crippen molar-refractivity contribution in [1.29, 1.82) is 0 Å². The maximum atomic E-state index is 14.1. The summed E-state index contributed by atoms with van der Waals surface area (Å²) in [5, 5.41) is 9.78. The van der Waals surface area contributed by atoms with Crippen molar-refractivity contribution in [3.63, 3.8) is 0 Å². The molecule has 1 aromatic carbocycles. The Balaban J connectivity index is 1.13. The van der Waals surface area contributed by atoms with Gasteiger partial charge in [0.2, 0.25) is 11.8 Å². The number of fused-ring (bicyclic) bond motifs is 1. The van der Waals surface area contributed by atoms with Crippen molar-refractivity contribution in [1.82, 2.24) is 29.4 Å². The highest BCUT2D eigenvalue weighted by atomic mass is 35.5. The number of aromatic carboxylic acids is 1. The standard InChI is InChI=1S/C29H26ClFN6O4/c30-20-5-4-19(21(31)14-20)17-41-26-3-1-2-22(34-26)18-8-11-36(12-9-18)15-25-33-23-6-7-24(29(38)39)35-28(23)37(25)16-27-32-10-13-40-27/h1-7,10,13-14,18H,8-9,11-12,15-17H2,(H,38,39). The molecule has 210 valence electrons. The Kier molecular flexibility index (Phi) is 7.62. The van der Waals surface area contributed by atoms with Crippen LogP contribution in [-0.4, -0.2) is 53.6 Å². The van der Waals surface area contributed by atoms with Crippen molar-refractivity contribution < 1.29 is 23.4 Å². The maximum Gasteiger partial charge on any atom is 0.354 e. The molecule has 1 N–H and O–H groups in total. The maximum absolute atomic E-state index is 14.1. The molecule has 5 heterocycles. The lowest BCUT2D eigenvalue weighted by atomic mass is 9.93. The molecule has 0 radical (unpaired) electrons. The number of carbonyl (C=O) groups is 1. The van der Waals surface area contributed by atoms with Crippen LogP contribution in [-0.2, 0) is 19.7 Å². The van der Waals surface area contributed by atoms with Crippen LogP contribution in [0.15, 0.2) is 65.4 Å². The first kappa shape index (κ1) is 26.9. The zero-order valence-electron chi connectivity index (χ0n) is 21.9. The van der Waals surface area contributed by atoms with Crippen LogP contribution < -0.4 is 4.74 Å². The van der Waals surface area contributed by atoms with Crippen molar-refractivity contribution in [3.8, 4) is 5.88 Å². The van der Waals surface area contributed by atoms with Gasteiger partial charge in [-0.25, -0.2) is 29.1 Å². The van der Waals surface area contributed by atoms with E-state index in [9.17, 15) is 14.3 Å². The number of hydrogen-bond acceptors (Lipinski definition) is 8. The number of nitrogens with zero attached hydrogens (tertiary/aromatic N) is 6. The van der Waals surface area contributed by atoms with Crippen LogP contribution in [0.5, 0.6) is 5.88 Å². The van der Waals surface area contributed by atoms with Gasteiger partial charge in [0, 0.05) is 28.3 Å². The van der Waals surface area contributed by atoms with Gasteiger partial charge in [0.05, 0.1) is 12.7 Å². The van der Waals surface area contributed by atoms with E-state index in [1.165, 1.54) is 18.4 Å². The molecule has 41 heavy (non-hydrogen) atoms. The molecule has 1 fully saturated rings. The Morgan fingerprint density at radius 2 is 1.95 bits per heavy atom. The van der Waals surface area contributed by atoms with Gasteiger partial charge in [-0.05, 0) is 56.3 Å². The van der Waals surface area contributed by atoms with Gasteiger partial charge in [0.15, 0.2) is 11.3 Å². The average molecular weight is 577 g/mol. The fourth-order valence-corrected chi connectivity index (χ4v) is 5.20. The average Bonchev–Trinajstić information content (AvgIpc) is 3.61. The molecule has 6 rings (SSSR count). The lowest BCUT2D eigenvalue weighted by Gasteiger charge is -2.31. The van der Waals surface area contributed by atoms with Gasteiger partial charge < -0.3 is 18.8 Å². The first-order chi connectivity index (χ1) is 19.9. The van der Waals surface area contributed by atoms with Crippen molar-refractivity contribution in [2.45, 2.75) is 38.5 Å². The van der Waals surface area contributed by atoms with E-state index in [0.717, 1.165) is 37.4 Å². The molecule has 0 bridgehead atoms. The fourth-order valence-electron chi connectivity index (χ4n) is 5.04. The zero-order chi connectivity index (χ0) is 28.3. The Bertz CT molecular complexity index is 1680. The molecule has 0 unspecified atom stereocenters. The summed E-state index contributed by atoms with van der Waals surface area (Å²) >= 11 is 5.84. The van der Waals surface area contributed by atoms with Crippen LogP contribution in [0.2, 0.25) is 5.02 Å². The fraction of sp³-hybridized carbons (Fsp3) is 0.276. The molecule has 1 aliphatic rings. The van der Waals surface area contributed by atoms with E-state index in [2.05, 4.69) is 14.9 Å². The van der Waals surface area contributed by atoms with Crippen LogP contribution in [0.25, 0.3) is 11.2 Å². The van der Waals surface area contributed by atoms with Crippen LogP contribution in [0.3, 0.4) is 0 Å². The van der Waals surface area contributed by atoms with Gasteiger partial charge in [-0.1, -0.05) is 23.7 Å². The summed E-state index contributed by atoms with van der Waals surface area (Å²) in [5.41, 5.74) is 2.41. The van der Waals surface area contributed by atoms with Gasteiger partial charge in [-0.3, -0.25) is 4.90 Å². The number of halogens is 2. The lowest BCUT2D eigenvalue weighted by Crippen LogP contribution is -2.33. The molecule has 4 aromatic heterocycles. The minimum atomic E-state index is -1.10. The molecule has 0 spiro atoms. The number of piperidine rings is 1. The number of likely N-dealkylation sites (tertiary alicyclic amines) is 1. The lowest BCUT2D eigenvalue weighted by molar-refractivity contribution is 0.0691. The summed E-state index contributed by atoms with van der Waals surface area (Å²) in [4.78, 5) is 31.9. The largest absolute Gasteiger partial charge is 0.477 e. The van der Waals surface area contributed by atoms with E-state index in [1.807, 2.05) is 16.7 Å². The monoisotopic (exact) mass is 576 g/mol. The zero-order valence-corrected chi connectivity index (χ0v) is 22.7. The van der Waals surface area contributed by atoms with E-state index >= 15 is 0 Å². The van der Waals surface area contributed by atoms with E-state index in [4.69, 9.17) is 30.7 Å². The number of imidazole rings is 1. The van der Waals surface area contributed by atoms with Gasteiger partial charge in [0.25, 0.3) is 0 Å². The topological polar surface area (TPSA) is 119 Å². The molecular weight excluding hydrogens is 551 g/mol. The van der Waals surface area contributed by atoms with Crippen LogP contribution in [0, 0.1) is 5.82 Å². The third-order valence-electron chi connectivity index (χ3n) is 7.17. The molecule has 1 saturated heterocycles. The molecule has 0 atom stereocenters. The van der Waals surface area contributed by atoms with E-state index in [-0.39, 0.29) is 18.2 Å². The van der Waals surface area contributed by atoms with Crippen molar-refractivity contribution in [3.05, 3.63) is 100 Å². The first-order valence-electron chi connectivity index (χ1n) is 13.2. The predicted molar refractivity (Wildman–Crippen MR) is 147 cm³/mol. The molecule has 12 heteroatoms. The minimum Gasteiger partial charge on any atom is -0.477 e. The van der Waals surface area contributed by atoms with E-state index < -0.39 is 11.8 Å². The molecule has 10 nitrogen and oxygen atoms in total. The number of carboxylic acids is 1. The third kappa shape index (κ3) is 6.06. The summed E-state index contributed by atoms with van der Waals surface area (Å²) in [6.45, 7) is 2.57. The summed E-state index contributed by atoms with van der Waals surface area (Å²) < 4.78 is 27.2. The van der Waals surface area contributed by atoms with Crippen molar-refractivity contribution in [2.75, 3.05) is 13.1 Å². The number of carboxylic acid groups (broad SMARTS) is 1. The third-order valence-corrected chi connectivity index (χ3v) is 7.41. The molecule has 0 amide bonds. The predicted octanol–water partition coefficient (Wildman–Crippen LogP) is 5.31. The van der Waals surface area contributed by atoms with Gasteiger partial charge >= 0.3 is 5.97 Å². The molecule has 0 aliphatic carbocycles. The van der Waals surface area contributed by atoms with Gasteiger partial charge in [-0.15, -0.1) is 0 Å². The Labute approximate surface area is 239 Å². The molecule has 1 aliphatic heterocycles. The number of hydrogen-bond donors (Lipinski definition) is 1. The number of aromatic nitrogens is 5. The van der Waals surface area contributed by atoms with Crippen LogP contribution in [0.4, 0.5) is 4.39 Å². The number of ether oxygens (including phenoxy) is 1. The second-order valence-electron chi connectivity index (χ2n) is 9.86. The van der Waals surface area contributed by atoms with Crippen molar-refractivity contribution in [2.24, 2.45) is 0 Å². The van der Waals surface area contributed by atoms with E-state index in [0.29, 0.717) is 46.6 Å². The Morgan fingerprint density at radius 1 is 1.10 bits per heavy atom. The highest BCUT2D eigenvalue weighted by molar-refractivity contribution is 6.30. The highest BCUT2D eigenvalue weighted by Crippen LogP contribution is 2.29. The van der Waals surface area contributed by atoms with Crippen molar-refractivity contribution >= 4 is 28.7 Å². The second-order valence-corrected chi connectivity index (χ2v) is 10.3. The number of pyridine rings is 2. The quantitative estimate of drug-likeness (QED) is 0.249. The van der Waals surface area contributed by atoms with Crippen LogP contribution in [0.1, 0.15) is 52.2 Å². The van der Waals surface area contributed by atoms with Gasteiger partial charge in [-0.2, -0.15) is 0 Å². The normalized spacial score (nSPS) is 14.5. The summed E-state index contributed by atoms with van der Waals surface area (Å²) in [7, 11) is 0. The number of oxazole rings is 1. The Hall–Kier alpha value is -4.35. The van der Waals surface area contributed by atoms with Gasteiger partial charge in [0.1, 0.15) is 36.6 Å². The molecule has 5 aromatic rings. The minimum absolute atomic E-state index is 0.0459. The summed E-state index contributed by atoms with van der Waals surface area (Å²) in [6, 6.07) is 13.3. The number of rotatable bonds is 9. The van der Waals surface area contributed by atoms with Crippen LogP contribution >= 0.6 is 11.6 Å². The molecule has 0 saturated carbocycles. The van der Waals surface area contributed by atoms with E-state index in [1.54, 1.807) is 30.5 Å². The number of benzene rings is 1. The summed E-state index contributed by atoms with van der Waals surface area (Å²) in [6.07, 6.45) is 4.85.